The maximum atomic E-state index is 12.0. The Kier molecular flexibility index (Phi) is 3.27. The molecule has 0 radical (unpaired) electrons. The van der Waals surface area contributed by atoms with Crippen LogP contribution in [0.5, 0.6) is 0 Å². The minimum atomic E-state index is -0.879. The second kappa shape index (κ2) is 4.86. The standard InChI is InChI=1S/C12H14N2O3/c15-11(16)6-7-13-8-9-14(12(13)17)10-4-2-1-3-5-10/h1-5H,6-9H2,(H,15,16). The van der Waals surface area contributed by atoms with Crippen LogP contribution in [0.1, 0.15) is 6.42 Å². The predicted octanol–water partition coefficient (Wildman–Crippen LogP) is 1.40. The minimum absolute atomic E-state index is 0.00559. The van der Waals surface area contributed by atoms with Crippen molar-refractivity contribution in [1.29, 1.82) is 0 Å². The van der Waals surface area contributed by atoms with Gasteiger partial charge in [-0.1, -0.05) is 18.2 Å². The van der Waals surface area contributed by atoms with Gasteiger partial charge in [0.2, 0.25) is 0 Å². The first-order chi connectivity index (χ1) is 8.18. The maximum Gasteiger partial charge on any atom is 0.324 e. The molecule has 5 heteroatoms. The van der Waals surface area contributed by atoms with Gasteiger partial charge in [-0.2, -0.15) is 0 Å². The molecule has 1 heterocycles. The second-order valence-corrected chi connectivity index (χ2v) is 3.90. The molecule has 1 aromatic carbocycles. The number of carbonyl (C=O) groups excluding carboxylic acids is 1. The third-order valence-corrected chi connectivity index (χ3v) is 2.76. The number of hydrogen-bond acceptors (Lipinski definition) is 2. The number of para-hydroxylation sites is 1. The number of rotatable bonds is 4. The van der Waals surface area contributed by atoms with Gasteiger partial charge in [0.05, 0.1) is 6.42 Å². The average molecular weight is 234 g/mol. The Morgan fingerprint density at radius 1 is 1.24 bits per heavy atom. The normalized spacial score (nSPS) is 15.4. The van der Waals surface area contributed by atoms with Crippen LogP contribution < -0.4 is 4.90 Å². The monoisotopic (exact) mass is 234 g/mol. The van der Waals surface area contributed by atoms with Crippen molar-refractivity contribution in [2.75, 3.05) is 24.5 Å². The van der Waals surface area contributed by atoms with Crippen molar-refractivity contribution in [3.05, 3.63) is 30.3 Å². The summed E-state index contributed by atoms with van der Waals surface area (Å²) in [6.45, 7) is 1.47. The fourth-order valence-corrected chi connectivity index (χ4v) is 1.87. The summed E-state index contributed by atoms with van der Waals surface area (Å²) < 4.78 is 0. The lowest BCUT2D eigenvalue weighted by atomic mass is 10.3. The Hall–Kier alpha value is -2.04. The summed E-state index contributed by atoms with van der Waals surface area (Å²) in [7, 11) is 0. The second-order valence-electron chi connectivity index (χ2n) is 3.90. The van der Waals surface area contributed by atoms with Crippen LogP contribution in [0.25, 0.3) is 0 Å². The molecule has 1 aliphatic heterocycles. The number of hydrogen-bond donors (Lipinski definition) is 1. The third-order valence-electron chi connectivity index (χ3n) is 2.76. The van der Waals surface area contributed by atoms with Crippen molar-refractivity contribution < 1.29 is 14.7 Å². The first-order valence-electron chi connectivity index (χ1n) is 5.52. The summed E-state index contributed by atoms with van der Waals surface area (Å²) >= 11 is 0. The number of anilines is 1. The number of carboxylic acids is 1. The fraction of sp³-hybridized carbons (Fsp3) is 0.333. The number of urea groups is 1. The SMILES string of the molecule is O=C(O)CCN1CCN(c2ccccc2)C1=O. The Morgan fingerprint density at radius 2 is 1.94 bits per heavy atom. The van der Waals surface area contributed by atoms with Crippen LogP contribution in [0, 0.1) is 0 Å². The van der Waals surface area contributed by atoms with Crippen molar-refractivity contribution in [1.82, 2.24) is 4.90 Å². The molecule has 0 aliphatic carbocycles. The molecule has 0 saturated carbocycles. The first-order valence-corrected chi connectivity index (χ1v) is 5.52. The van der Waals surface area contributed by atoms with Crippen LogP contribution in [0.15, 0.2) is 30.3 Å². The highest BCUT2D eigenvalue weighted by Gasteiger charge is 2.29. The largest absolute Gasteiger partial charge is 0.481 e. The van der Waals surface area contributed by atoms with E-state index in [2.05, 4.69) is 0 Å². The van der Waals surface area contributed by atoms with E-state index in [1.54, 1.807) is 9.80 Å². The highest BCUT2D eigenvalue weighted by atomic mass is 16.4. The van der Waals surface area contributed by atoms with E-state index < -0.39 is 5.97 Å². The summed E-state index contributed by atoms with van der Waals surface area (Å²) in [4.78, 5) is 25.7. The molecule has 1 aromatic rings. The summed E-state index contributed by atoms with van der Waals surface area (Å²) in [5.74, 6) is -0.879. The van der Waals surface area contributed by atoms with E-state index >= 15 is 0 Å². The zero-order valence-electron chi connectivity index (χ0n) is 9.37. The van der Waals surface area contributed by atoms with Gasteiger partial charge in [0, 0.05) is 25.3 Å². The van der Waals surface area contributed by atoms with Crippen LogP contribution in [0.4, 0.5) is 10.5 Å². The molecule has 0 unspecified atom stereocenters. The molecule has 1 fully saturated rings. The summed E-state index contributed by atoms with van der Waals surface area (Å²) in [5, 5.41) is 8.59. The molecule has 0 atom stereocenters. The lowest BCUT2D eigenvalue weighted by Gasteiger charge is -2.17. The predicted molar refractivity (Wildman–Crippen MR) is 63.0 cm³/mol. The van der Waals surface area contributed by atoms with Crippen LogP contribution in [-0.4, -0.2) is 41.6 Å². The summed E-state index contributed by atoms with van der Waals surface area (Å²) in [5.41, 5.74) is 0.857. The maximum absolute atomic E-state index is 12.0. The third kappa shape index (κ3) is 2.55. The van der Waals surface area contributed by atoms with Crippen LogP contribution in [0.3, 0.4) is 0 Å². The summed E-state index contributed by atoms with van der Waals surface area (Å²) in [6.07, 6.45) is -0.00559. The molecule has 0 aromatic heterocycles. The van der Waals surface area contributed by atoms with Gasteiger partial charge < -0.3 is 10.0 Å². The van der Waals surface area contributed by atoms with E-state index in [0.29, 0.717) is 13.1 Å². The van der Waals surface area contributed by atoms with Crippen LogP contribution >= 0.6 is 0 Å². The summed E-state index contributed by atoms with van der Waals surface area (Å²) in [6, 6.07) is 9.28. The lowest BCUT2D eigenvalue weighted by Crippen LogP contribution is -2.33. The fourth-order valence-electron chi connectivity index (χ4n) is 1.87. The van der Waals surface area contributed by atoms with Crippen molar-refractivity contribution in [2.24, 2.45) is 0 Å². The van der Waals surface area contributed by atoms with Gasteiger partial charge in [0.1, 0.15) is 0 Å². The lowest BCUT2D eigenvalue weighted by molar-refractivity contribution is -0.137. The van der Waals surface area contributed by atoms with Gasteiger partial charge in [-0.05, 0) is 12.1 Å². The molecular formula is C12H14N2O3. The van der Waals surface area contributed by atoms with E-state index in [-0.39, 0.29) is 19.0 Å². The number of nitrogens with zero attached hydrogens (tertiary/aromatic N) is 2. The zero-order chi connectivity index (χ0) is 12.3. The molecule has 2 amide bonds. The van der Waals surface area contributed by atoms with E-state index in [1.807, 2.05) is 30.3 Å². The molecule has 1 saturated heterocycles. The number of carboxylic acid groups (broad SMARTS) is 1. The number of aliphatic carboxylic acids is 1. The Labute approximate surface area is 99.3 Å². The van der Waals surface area contributed by atoms with E-state index in [4.69, 9.17) is 5.11 Å². The quantitative estimate of drug-likeness (QED) is 0.856. The van der Waals surface area contributed by atoms with Gasteiger partial charge in [-0.25, -0.2) is 4.79 Å². The van der Waals surface area contributed by atoms with E-state index in [0.717, 1.165) is 5.69 Å². The number of benzene rings is 1. The van der Waals surface area contributed by atoms with Crippen molar-refractivity contribution in [3.63, 3.8) is 0 Å². The number of amides is 2. The highest BCUT2D eigenvalue weighted by Crippen LogP contribution is 2.19. The van der Waals surface area contributed by atoms with E-state index in [1.165, 1.54) is 0 Å². The first kappa shape index (κ1) is 11.4. The Bertz CT molecular complexity index is 419. The van der Waals surface area contributed by atoms with Gasteiger partial charge in [0.15, 0.2) is 0 Å². The van der Waals surface area contributed by atoms with Gasteiger partial charge in [0.25, 0.3) is 0 Å². The molecule has 0 bridgehead atoms. The minimum Gasteiger partial charge on any atom is -0.481 e. The molecule has 1 aliphatic rings. The van der Waals surface area contributed by atoms with Gasteiger partial charge >= 0.3 is 12.0 Å². The van der Waals surface area contributed by atoms with E-state index in [9.17, 15) is 9.59 Å². The number of carbonyl (C=O) groups is 2. The van der Waals surface area contributed by atoms with Gasteiger partial charge in [-0.15, -0.1) is 0 Å². The Morgan fingerprint density at radius 3 is 2.59 bits per heavy atom. The van der Waals surface area contributed by atoms with Crippen molar-refractivity contribution in [3.8, 4) is 0 Å². The molecule has 17 heavy (non-hydrogen) atoms. The van der Waals surface area contributed by atoms with Crippen LogP contribution in [0.2, 0.25) is 0 Å². The van der Waals surface area contributed by atoms with Gasteiger partial charge in [-0.3, -0.25) is 9.69 Å². The highest BCUT2D eigenvalue weighted by molar-refractivity contribution is 5.94. The molecule has 2 rings (SSSR count). The smallest absolute Gasteiger partial charge is 0.324 e. The molecule has 90 valence electrons. The zero-order valence-corrected chi connectivity index (χ0v) is 9.37. The average Bonchev–Trinajstić information content (AvgIpc) is 2.69. The van der Waals surface area contributed by atoms with Crippen LogP contribution in [-0.2, 0) is 4.79 Å². The van der Waals surface area contributed by atoms with Crippen molar-refractivity contribution >= 4 is 17.7 Å². The molecule has 1 N–H and O–H groups in total. The molecule has 0 spiro atoms. The van der Waals surface area contributed by atoms with Crippen molar-refractivity contribution in [2.45, 2.75) is 6.42 Å². The molecule has 5 nitrogen and oxygen atoms in total. The topological polar surface area (TPSA) is 60.9 Å². The molecular weight excluding hydrogens is 220 g/mol. The Balaban J connectivity index is 2.00.